The molecule has 178 valence electrons. The maximum Gasteiger partial charge on any atom is 0.242 e. The number of benzene rings is 2. The van der Waals surface area contributed by atoms with Gasteiger partial charge in [0, 0.05) is 18.3 Å². The number of aryl methyl sites for hydroxylation is 1. The second kappa shape index (κ2) is 12.7. The van der Waals surface area contributed by atoms with Gasteiger partial charge in [-0.25, -0.2) is 0 Å². The Morgan fingerprint density at radius 3 is 2.52 bits per heavy atom. The summed E-state index contributed by atoms with van der Waals surface area (Å²) in [6.07, 6.45) is 5.51. The van der Waals surface area contributed by atoms with Crippen LogP contribution in [0.2, 0.25) is 10.0 Å². The van der Waals surface area contributed by atoms with E-state index in [0.717, 1.165) is 37.0 Å². The lowest BCUT2D eigenvalue weighted by Crippen LogP contribution is -2.50. The van der Waals surface area contributed by atoms with Gasteiger partial charge in [0.1, 0.15) is 6.04 Å². The van der Waals surface area contributed by atoms with E-state index in [0.29, 0.717) is 22.3 Å². The lowest BCUT2D eigenvalue weighted by molar-refractivity contribution is -0.139. The second-order valence-corrected chi connectivity index (χ2v) is 10.5. The lowest BCUT2D eigenvalue weighted by Gasteiger charge is -2.31. The Morgan fingerprint density at radius 2 is 1.82 bits per heavy atom. The third-order valence-corrected chi connectivity index (χ3v) is 7.91. The van der Waals surface area contributed by atoms with Crippen molar-refractivity contribution in [2.45, 2.75) is 70.3 Å². The van der Waals surface area contributed by atoms with Crippen LogP contribution >= 0.6 is 35.0 Å². The smallest absolute Gasteiger partial charge is 0.242 e. The second-order valence-electron chi connectivity index (χ2n) is 8.71. The highest BCUT2D eigenvalue weighted by Gasteiger charge is 2.28. The van der Waals surface area contributed by atoms with Crippen molar-refractivity contribution in [2.75, 3.05) is 5.75 Å². The van der Waals surface area contributed by atoms with Gasteiger partial charge < -0.3 is 10.2 Å². The van der Waals surface area contributed by atoms with Crippen molar-refractivity contribution >= 4 is 46.8 Å². The molecule has 0 unspecified atom stereocenters. The van der Waals surface area contributed by atoms with Crippen molar-refractivity contribution in [3.63, 3.8) is 0 Å². The zero-order chi connectivity index (χ0) is 23.8. The summed E-state index contributed by atoms with van der Waals surface area (Å²) in [6.45, 7) is 4.19. The van der Waals surface area contributed by atoms with Crippen LogP contribution < -0.4 is 5.32 Å². The quantitative estimate of drug-likeness (QED) is 0.427. The number of nitrogens with zero attached hydrogens (tertiary/aromatic N) is 1. The number of thioether (sulfide) groups is 1. The Balaban J connectivity index is 1.68. The van der Waals surface area contributed by atoms with Gasteiger partial charge in [0.2, 0.25) is 11.8 Å². The molecule has 2 aromatic rings. The number of hydrogen-bond acceptors (Lipinski definition) is 3. The van der Waals surface area contributed by atoms with Gasteiger partial charge in [-0.1, -0.05) is 72.8 Å². The van der Waals surface area contributed by atoms with Gasteiger partial charge in [-0.05, 0) is 55.5 Å². The number of amides is 2. The molecule has 0 radical (unpaired) electrons. The molecule has 1 N–H and O–H groups in total. The number of carbonyl (C=O) groups excluding carboxylic acids is 2. The maximum absolute atomic E-state index is 13.3. The minimum atomic E-state index is -0.576. The predicted octanol–water partition coefficient (Wildman–Crippen LogP) is 6.40. The molecule has 0 aliphatic heterocycles. The van der Waals surface area contributed by atoms with Crippen LogP contribution in [0.25, 0.3) is 0 Å². The Morgan fingerprint density at radius 1 is 1.09 bits per heavy atom. The van der Waals surface area contributed by atoms with Crippen molar-refractivity contribution in [3.8, 4) is 0 Å². The summed E-state index contributed by atoms with van der Waals surface area (Å²) in [7, 11) is 0. The summed E-state index contributed by atoms with van der Waals surface area (Å²) in [5.74, 6) is 0.892. The monoisotopic (exact) mass is 506 g/mol. The summed E-state index contributed by atoms with van der Waals surface area (Å²) < 4.78 is 0. The SMILES string of the molecule is Cc1ccccc1CSCC(=O)N(Cc1ccc(Cl)c(Cl)c1)[C@H](C)C(=O)NC1CCCCC1. The van der Waals surface area contributed by atoms with E-state index in [9.17, 15) is 9.59 Å². The molecule has 0 saturated heterocycles. The molecular weight excluding hydrogens is 475 g/mol. The molecule has 2 amide bonds. The molecule has 0 heterocycles. The topological polar surface area (TPSA) is 49.4 Å². The van der Waals surface area contributed by atoms with E-state index in [1.165, 1.54) is 17.5 Å². The van der Waals surface area contributed by atoms with Crippen LogP contribution in [0.5, 0.6) is 0 Å². The van der Waals surface area contributed by atoms with E-state index < -0.39 is 6.04 Å². The number of halogens is 2. The van der Waals surface area contributed by atoms with Gasteiger partial charge in [0.25, 0.3) is 0 Å². The largest absolute Gasteiger partial charge is 0.352 e. The third-order valence-electron chi connectivity index (χ3n) is 6.20. The van der Waals surface area contributed by atoms with Gasteiger partial charge in [-0.15, -0.1) is 11.8 Å². The molecule has 4 nitrogen and oxygen atoms in total. The summed E-state index contributed by atoms with van der Waals surface area (Å²) in [6, 6.07) is 13.1. The highest BCUT2D eigenvalue weighted by Crippen LogP contribution is 2.25. The molecule has 1 aliphatic carbocycles. The van der Waals surface area contributed by atoms with Crippen LogP contribution in [0, 0.1) is 6.92 Å². The molecule has 0 bridgehead atoms. The molecule has 1 aliphatic rings. The molecule has 1 saturated carbocycles. The first-order valence-electron chi connectivity index (χ1n) is 11.5. The summed E-state index contributed by atoms with van der Waals surface area (Å²) >= 11 is 13.8. The summed E-state index contributed by atoms with van der Waals surface area (Å²) in [5.41, 5.74) is 3.28. The van der Waals surface area contributed by atoms with E-state index >= 15 is 0 Å². The van der Waals surface area contributed by atoms with Gasteiger partial charge in [0.15, 0.2) is 0 Å². The van der Waals surface area contributed by atoms with Gasteiger partial charge in [-0.3, -0.25) is 9.59 Å². The first kappa shape index (κ1) is 25.9. The van der Waals surface area contributed by atoms with Crippen LogP contribution in [-0.2, 0) is 21.9 Å². The third kappa shape index (κ3) is 7.66. The normalized spacial score (nSPS) is 15.2. The summed E-state index contributed by atoms with van der Waals surface area (Å²) in [5, 5.41) is 4.07. The van der Waals surface area contributed by atoms with Crippen molar-refractivity contribution in [2.24, 2.45) is 0 Å². The summed E-state index contributed by atoms with van der Waals surface area (Å²) in [4.78, 5) is 28.0. The molecule has 33 heavy (non-hydrogen) atoms. The van der Waals surface area contributed by atoms with Crippen molar-refractivity contribution in [1.82, 2.24) is 10.2 Å². The Labute approximate surface area is 211 Å². The van der Waals surface area contributed by atoms with Crippen LogP contribution in [-0.4, -0.2) is 34.6 Å². The number of carbonyl (C=O) groups is 2. The Kier molecular flexibility index (Phi) is 9.96. The zero-order valence-corrected chi connectivity index (χ0v) is 21.6. The van der Waals surface area contributed by atoms with Gasteiger partial charge >= 0.3 is 0 Å². The average molecular weight is 508 g/mol. The van der Waals surface area contributed by atoms with E-state index in [4.69, 9.17) is 23.2 Å². The minimum Gasteiger partial charge on any atom is -0.352 e. The van der Waals surface area contributed by atoms with Crippen LogP contribution in [0.3, 0.4) is 0 Å². The molecule has 3 rings (SSSR count). The highest BCUT2D eigenvalue weighted by atomic mass is 35.5. The first-order chi connectivity index (χ1) is 15.8. The lowest BCUT2D eigenvalue weighted by atomic mass is 9.95. The van der Waals surface area contributed by atoms with E-state index in [2.05, 4.69) is 24.4 Å². The molecule has 1 atom stereocenters. The molecule has 0 spiro atoms. The van der Waals surface area contributed by atoms with Crippen molar-refractivity contribution in [1.29, 1.82) is 0 Å². The molecular formula is C26H32Cl2N2O2S. The molecule has 2 aromatic carbocycles. The van der Waals surface area contributed by atoms with Crippen molar-refractivity contribution < 1.29 is 9.59 Å². The van der Waals surface area contributed by atoms with Crippen LogP contribution in [0.1, 0.15) is 55.7 Å². The number of rotatable bonds is 9. The van der Waals surface area contributed by atoms with Crippen LogP contribution in [0.15, 0.2) is 42.5 Å². The fourth-order valence-corrected chi connectivity index (χ4v) is 5.40. The van der Waals surface area contributed by atoms with E-state index in [-0.39, 0.29) is 17.9 Å². The van der Waals surface area contributed by atoms with Gasteiger partial charge in [-0.2, -0.15) is 0 Å². The fraction of sp³-hybridized carbons (Fsp3) is 0.462. The molecule has 7 heteroatoms. The predicted molar refractivity (Wildman–Crippen MR) is 139 cm³/mol. The molecule has 1 fully saturated rings. The fourth-order valence-electron chi connectivity index (χ4n) is 4.09. The molecule has 0 aromatic heterocycles. The minimum absolute atomic E-state index is 0.0639. The van der Waals surface area contributed by atoms with Crippen molar-refractivity contribution in [3.05, 3.63) is 69.2 Å². The first-order valence-corrected chi connectivity index (χ1v) is 13.4. The standard InChI is InChI=1S/C26H32Cl2N2O2S/c1-18-8-6-7-9-21(18)16-33-17-25(31)30(15-20-12-13-23(27)24(28)14-20)19(2)26(32)29-22-10-4-3-5-11-22/h6-9,12-14,19,22H,3-5,10-11,15-17H2,1-2H3,(H,29,32)/t19-/m1/s1. The maximum atomic E-state index is 13.3. The Hall–Kier alpha value is -1.69. The zero-order valence-electron chi connectivity index (χ0n) is 19.3. The average Bonchev–Trinajstić information content (AvgIpc) is 2.81. The van der Waals surface area contributed by atoms with E-state index in [1.807, 2.05) is 18.2 Å². The number of hydrogen-bond donors (Lipinski definition) is 1. The van der Waals surface area contributed by atoms with E-state index in [1.54, 1.807) is 35.7 Å². The van der Waals surface area contributed by atoms with Crippen LogP contribution in [0.4, 0.5) is 0 Å². The highest BCUT2D eigenvalue weighted by molar-refractivity contribution is 7.99. The Bertz CT molecular complexity index is 963. The van der Waals surface area contributed by atoms with Gasteiger partial charge in [0.05, 0.1) is 15.8 Å². The number of nitrogens with one attached hydrogen (secondary N) is 1.